The highest BCUT2D eigenvalue weighted by atomic mass is 16.5. The maximum atomic E-state index is 12.8. The minimum Gasteiger partial charge on any atom is -0.496 e. The van der Waals surface area contributed by atoms with Crippen molar-refractivity contribution in [2.24, 2.45) is 0 Å². The van der Waals surface area contributed by atoms with E-state index in [0.29, 0.717) is 22.3 Å². The second kappa shape index (κ2) is 7.44. The highest BCUT2D eigenvalue weighted by Crippen LogP contribution is 2.24. The summed E-state index contributed by atoms with van der Waals surface area (Å²) in [5, 5.41) is 0.707. The van der Waals surface area contributed by atoms with E-state index in [-0.39, 0.29) is 5.56 Å². The number of carbonyl (C=O) groups is 1. The number of ketones is 1. The molecule has 0 atom stereocenters. The largest absolute Gasteiger partial charge is 0.496 e. The van der Waals surface area contributed by atoms with Gasteiger partial charge in [0.25, 0.3) is 0 Å². The summed E-state index contributed by atoms with van der Waals surface area (Å²) >= 11 is 0. The fourth-order valence-corrected chi connectivity index (χ4v) is 3.02. The predicted octanol–water partition coefficient (Wildman–Crippen LogP) is 3.88. The van der Waals surface area contributed by atoms with Crippen molar-refractivity contribution < 1.29 is 13.9 Å². The molecule has 3 aromatic rings. The molecule has 0 aliphatic heterocycles. The molecule has 0 N–H and O–H groups in total. The van der Waals surface area contributed by atoms with Crippen molar-refractivity contribution in [1.29, 1.82) is 0 Å². The Morgan fingerprint density at radius 3 is 2.46 bits per heavy atom. The molecule has 0 spiro atoms. The van der Waals surface area contributed by atoms with Crippen LogP contribution in [0.3, 0.4) is 0 Å². The van der Waals surface area contributed by atoms with Gasteiger partial charge < -0.3 is 14.1 Å². The van der Waals surface area contributed by atoms with E-state index in [1.54, 1.807) is 30.3 Å². The normalized spacial score (nSPS) is 10.7. The van der Waals surface area contributed by atoms with E-state index in [9.17, 15) is 9.59 Å². The number of anilines is 1. The third-order valence-corrected chi connectivity index (χ3v) is 4.44. The van der Waals surface area contributed by atoms with Crippen molar-refractivity contribution in [3.8, 4) is 5.75 Å². The summed E-state index contributed by atoms with van der Waals surface area (Å²) in [6.07, 6.45) is 0. The average molecular weight is 351 g/mol. The lowest BCUT2D eigenvalue weighted by atomic mass is 10.0. The van der Waals surface area contributed by atoms with Gasteiger partial charge in [0.05, 0.1) is 12.7 Å². The molecule has 134 valence electrons. The highest BCUT2D eigenvalue weighted by Gasteiger charge is 2.19. The Balaban J connectivity index is 2.08. The molecule has 5 heteroatoms. The molecule has 26 heavy (non-hydrogen) atoms. The van der Waals surface area contributed by atoms with Crippen LogP contribution >= 0.6 is 0 Å². The Labute approximate surface area is 151 Å². The van der Waals surface area contributed by atoms with Crippen LogP contribution in [0.4, 0.5) is 5.69 Å². The first kappa shape index (κ1) is 17.7. The van der Waals surface area contributed by atoms with Crippen molar-refractivity contribution in [3.63, 3.8) is 0 Å². The molecule has 1 aromatic heterocycles. The van der Waals surface area contributed by atoms with Gasteiger partial charge in [-0.15, -0.1) is 0 Å². The van der Waals surface area contributed by atoms with Gasteiger partial charge in [0.15, 0.2) is 0 Å². The van der Waals surface area contributed by atoms with E-state index < -0.39 is 11.4 Å². The van der Waals surface area contributed by atoms with E-state index in [1.165, 1.54) is 7.11 Å². The molecule has 3 rings (SSSR count). The van der Waals surface area contributed by atoms with Crippen LogP contribution < -0.4 is 15.3 Å². The van der Waals surface area contributed by atoms with Crippen LogP contribution in [-0.4, -0.2) is 26.0 Å². The summed E-state index contributed by atoms with van der Waals surface area (Å²) in [5.41, 5.74) is 1.13. The van der Waals surface area contributed by atoms with E-state index in [2.05, 4.69) is 18.7 Å². The molecule has 0 aliphatic rings. The minimum atomic E-state index is -0.648. The molecule has 0 amide bonds. The summed E-state index contributed by atoms with van der Waals surface area (Å²) in [6.45, 7) is 5.85. The Morgan fingerprint density at radius 2 is 1.77 bits per heavy atom. The van der Waals surface area contributed by atoms with Crippen LogP contribution in [0.2, 0.25) is 0 Å². The number of nitrogens with zero attached hydrogens (tertiary/aromatic N) is 1. The Kier molecular flexibility index (Phi) is 5.07. The monoisotopic (exact) mass is 351 g/mol. The van der Waals surface area contributed by atoms with Gasteiger partial charge in [-0.05, 0) is 44.2 Å². The van der Waals surface area contributed by atoms with Crippen LogP contribution in [0.25, 0.3) is 11.0 Å². The lowest BCUT2D eigenvalue weighted by molar-refractivity contribution is 0.103. The molecule has 0 aliphatic carbocycles. The molecule has 0 saturated carbocycles. The Morgan fingerprint density at radius 1 is 1.04 bits per heavy atom. The standard InChI is InChI=1S/C21H21NO4/c1-4-22(5-2)15-11-10-14-12-17(21(24)26-19(14)13-15)20(23)16-8-6-7-9-18(16)25-3/h6-13H,4-5H2,1-3H3. The van der Waals surface area contributed by atoms with Crippen LogP contribution in [0.15, 0.2) is 57.7 Å². The maximum absolute atomic E-state index is 12.8. The lowest BCUT2D eigenvalue weighted by Gasteiger charge is -2.21. The summed E-state index contributed by atoms with van der Waals surface area (Å²) in [5.74, 6) is 0.0137. The molecular formula is C21H21NO4. The summed E-state index contributed by atoms with van der Waals surface area (Å²) in [4.78, 5) is 27.4. The van der Waals surface area contributed by atoms with Crippen molar-refractivity contribution in [3.05, 3.63) is 70.1 Å². The van der Waals surface area contributed by atoms with Crippen LogP contribution in [0.5, 0.6) is 5.75 Å². The number of rotatable bonds is 6. The zero-order valence-electron chi connectivity index (χ0n) is 15.1. The van der Waals surface area contributed by atoms with Gasteiger partial charge in [-0.2, -0.15) is 0 Å². The summed E-state index contributed by atoms with van der Waals surface area (Å²) in [7, 11) is 1.49. The van der Waals surface area contributed by atoms with Crippen molar-refractivity contribution >= 4 is 22.4 Å². The van der Waals surface area contributed by atoms with Gasteiger partial charge in [0, 0.05) is 30.2 Å². The molecular weight excluding hydrogens is 330 g/mol. The Bertz CT molecular complexity index is 1000. The van der Waals surface area contributed by atoms with Crippen LogP contribution in [0.1, 0.15) is 29.8 Å². The van der Waals surface area contributed by atoms with Gasteiger partial charge in [0.1, 0.15) is 16.9 Å². The number of fused-ring (bicyclic) bond motifs is 1. The first-order valence-corrected chi connectivity index (χ1v) is 8.59. The van der Waals surface area contributed by atoms with E-state index >= 15 is 0 Å². The molecule has 5 nitrogen and oxygen atoms in total. The highest BCUT2D eigenvalue weighted by molar-refractivity contribution is 6.11. The molecule has 2 aromatic carbocycles. The van der Waals surface area contributed by atoms with Gasteiger partial charge in [-0.3, -0.25) is 4.79 Å². The fourth-order valence-electron chi connectivity index (χ4n) is 3.02. The zero-order valence-corrected chi connectivity index (χ0v) is 15.1. The van der Waals surface area contributed by atoms with Crippen molar-refractivity contribution in [2.45, 2.75) is 13.8 Å². The quantitative estimate of drug-likeness (QED) is 0.498. The third-order valence-electron chi connectivity index (χ3n) is 4.44. The van der Waals surface area contributed by atoms with Crippen molar-refractivity contribution in [1.82, 2.24) is 0 Å². The SMILES string of the molecule is CCN(CC)c1ccc2cc(C(=O)c3ccccc3OC)c(=O)oc2c1. The lowest BCUT2D eigenvalue weighted by Crippen LogP contribution is -2.21. The van der Waals surface area contributed by atoms with Crippen LogP contribution in [-0.2, 0) is 0 Å². The zero-order chi connectivity index (χ0) is 18.7. The average Bonchev–Trinajstić information content (AvgIpc) is 2.67. The topological polar surface area (TPSA) is 59.8 Å². The number of hydrogen-bond donors (Lipinski definition) is 0. The van der Waals surface area contributed by atoms with Crippen molar-refractivity contribution in [2.75, 3.05) is 25.1 Å². The van der Waals surface area contributed by atoms with E-state index in [4.69, 9.17) is 9.15 Å². The molecule has 0 bridgehead atoms. The third kappa shape index (κ3) is 3.20. The molecule has 1 heterocycles. The van der Waals surface area contributed by atoms with Gasteiger partial charge in [0.2, 0.25) is 5.78 Å². The first-order chi connectivity index (χ1) is 12.6. The maximum Gasteiger partial charge on any atom is 0.347 e. The van der Waals surface area contributed by atoms with E-state index in [1.807, 2.05) is 18.2 Å². The van der Waals surface area contributed by atoms with E-state index in [0.717, 1.165) is 18.8 Å². The summed E-state index contributed by atoms with van der Waals surface area (Å²) < 4.78 is 10.7. The second-order valence-electron chi connectivity index (χ2n) is 5.87. The molecule has 0 unspecified atom stereocenters. The molecule has 0 fully saturated rings. The Hall–Kier alpha value is -3.08. The fraction of sp³-hybridized carbons (Fsp3) is 0.238. The minimum absolute atomic E-state index is 0.00223. The number of ether oxygens (including phenoxy) is 1. The number of para-hydroxylation sites is 1. The summed E-state index contributed by atoms with van der Waals surface area (Å²) in [6, 6.07) is 14.1. The smallest absolute Gasteiger partial charge is 0.347 e. The van der Waals surface area contributed by atoms with Crippen LogP contribution in [0, 0.1) is 0 Å². The molecule has 0 radical (unpaired) electrons. The van der Waals surface area contributed by atoms with Gasteiger partial charge in [-0.25, -0.2) is 4.79 Å². The number of benzene rings is 2. The first-order valence-electron chi connectivity index (χ1n) is 8.59. The second-order valence-corrected chi connectivity index (χ2v) is 5.87. The number of methoxy groups -OCH3 is 1. The van der Waals surface area contributed by atoms with Gasteiger partial charge in [-0.1, -0.05) is 12.1 Å². The van der Waals surface area contributed by atoms with Gasteiger partial charge >= 0.3 is 5.63 Å². The predicted molar refractivity (Wildman–Crippen MR) is 102 cm³/mol. The number of hydrogen-bond acceptors (Lipinski definition) is 5. The molecule has 0 saturated heterocycles. The number of carbonyl (C=O) groups excluding carboxylic acids is 1.